The van der Waals surface area contributed by atoms with E-state index in [2.05, 4.69) is 10.4 Å². The number of hydrogen-bond acceptors (Lipinski definition) is 6. The number of carbonyl (C=O) groups excluding carboxylic acids is 2. The highest BCUT2D eigenvalue weighted by Gasteiger charge is 2.75. The Hall–Kier alpha value is -3.03. The van der Waals surface area contributed by atoms with E-state index >= 15 is 0 Å². The smallest absolute Gasteiger partial charge is 0.313 e. The summed E-state index contributed by atoms with van der Waals surface area (Å²) in [5.41, 5.74) is -0.947. The van der Waals surface area contributed by atoms with E-state index in [1.54, 1.807) is 31.3 Å². The molecular formula is C22H27N3O5. The molecule has 30 heavy (non-hydrogen) atoms. The van der Waals surface area contributed by atoms with Crippen molar-refractivity contribution in [3.63, 3.8) is 0 Å². The fraction of sp³-hybridized carbons (Fsp3) is 0.500. The molecular weight excluding hydrogens is 386 g/mol. The third-order valence-electron chi connectivity index (χ3n) is 7.16. The molecule has 2 aromatic rings. The van der Waals surface area contributed by atoms with Crippen molar-refractivity contribution in [3.05, 3.63) is 36.2 Å². The lowest BCUT2D eigenvalue weighted by Gasteiger charge is -2.35. The van der Waals surface area contributed by atoms with Gasteiger partial charge >= 0.3 is 5.97 Å². The van der Waals surface area contributed by atoms with Gasteiger partial charge in [0.05, 0.1) is 38.1 Å². The Morgan fingerprint density at radius 1 is 1.23 bits per heavy atom. The number of anilines is 1. The van der Waals surface area contributed by atoms with Gasteiger partial charge in [-0.25, -0.2) is 0 Å². The lowest BCUT2D eigenvalue weighted by atomic mass is 9.66. The third-order valence-corrected chi connectivity index (χ3v) is 7.16. The van der Waals surface area contributed by atoms with Crippen molar-refractivity contribution in [2.24, 2.45) is 10.8 Å². The summed E-state index contributed by atoms with van der Waals surface area (Å²) in [6.45, 7) is 6.20. The summed E-state index contributed by atoms with van der Waals surface area (Å²) in [7, 11) is 3.18. The third kappa shape index (κ3) is 2.62. The number of nitrogens with zero attached hydrogens (tertiary/aromatic N) is 2. The minimum absolute atomic E-state index is 0.297. The van der Waals surface area contributed by atoms with Crippen molar-refractivity contribution < 1.29 is 23.8 Å². The zero-order valence-corrected chi connectivity index (χ0v) is 17.9. The van der Waals surface area contributed by atoms with Gasteiger partial charge in [-0.1, -0.05) is 26.0 Å². The Morgan fingerprint density at radius 3 is 2.60 bits per heavy atom. The number of ether oxygens (including phenoxy) is 3. The van der Waals surface area contributed by atoms with Crippen LogP contribution in [-0.2, 0) is 20.9 Å². The first-order chi connectivity index (χ1) is 14.2. The zero-order chi connectivity index (χ0) is 21.7. The normalized spacial score (nSPS) is 26.4. The number of carbonyl (C=O) groups is 2. The van der Waals surface area contributed by atoms with Crippen LogP contribution in [0.5, 0.6) is 11.5 Å². The minimum atomic E-state index is -1.16. The monoisotopic (exact) mass is 413 g/mol. The second kappa shape index (κ2) is 6.75. The lowest BCUT2D eigenvalue weighted by Crippen LogP contribution is -2.50. The molecule has 0 radical (unpaired) electrons. The van der Waals surface area contributed by atoms with E-state index in [1.165, 1.54) is 0 Å². The van der Waals surface area contributed by atoms with E-state index in [-0.39, 0.29) is 11.9 Å². The summed E-state index contributed by atoms with van der Waals surface area (Å²) in [4.78, 5) is 25.6. The van der Waals surface area contributed by atoms with Crippen LogP contribution < -0.4 is 14.8 Å². The van der Waals surface area contributed by atoms with Crippen LogP contribution in [0.3, 0.4) is 0 Å². The molecule has 0 unspecified atom stereocenters. The molecule has 2 aliphatic rings. The largest absolute Gasteiger partial charge is 0.493 e. The zero-order valence-electron chi connectivity index (χ0n) is 17.9. The van der Waals surface area contributed by atoms with Crippen LogP contribution in [0.25, 0.3) is 0 Å². The Bertz CT molecular complexity index is 1010. The van der Waals surface area contributed by atoms with E-state index in [1.807, 2.05) is 39.0 Å². The number of rotatable bonds is 6. The maximum absolute atomic E-state index is 13.2. The van der Waals surface area contributed by atoms with E-state index in [4.69, 9.17) is 14.2 Å². The summed E-state index contributed by atoms with van der Waals surface area (Å²) >= 11 is 0. The quantitative estimate of drug-likeness (QED) is 0.732. The van der Waals surface area contributed by atoms with Gasteiger partial charge in [0.15, 0.2) is 17.1 Å². The Balaban J connectivity index is 1.53. The van der Waals surface area contributed by atoms with E-state index in [0.29, 0.717) is 36.6 Å². The standard InChI is InChI=1S/C22H27N3O5/c1-20(2)21(3)9-10-22(20,30-19(21)27)18(26)24-15-11-23-25(13-15)12-14-7-6-8-16(28-4)17(14)29-5/h6-8,11,13H,9-10,12H2,1-5H3,(H,24,26)/t21-,22+/m0/s1. The van der Waals surface area contributed by atoms with Crippen LogP contribution in [-0.4, -0.2) is 41.5 Å². The number of amides is 1. The van der Waals surface area contributed by atoms with Gasteiger partial charge in [0, 0.05) is 17.2 Å². The number of fused-ring (bicyclic) bond motifs is 2. The molecule has 8 nitrogen and oxygen atoms in total. The molecule has 1 aliphatic heterocycles. The summed E-state index contributed by atoms with van der Waals surface area (Å²) in [5, 5.41) is 7.24. The maximum atomic E-state index is 13.2. The van der Waals surface area contributed by atoms with Crippen molar-refractivity contribution >= 4 is 17.6 Å². The average molecular weight is 413 g/mol. The first kappa shape index (κ1) is 20.3. The van der Waals surface area contributed by atoms with Gasteiger partial charge < -0.3 is 19.5 Å². The predicted molar refractivity (Wildman–Crippen MR) is 109 cm³/mol. The molecule has 2 heterocycles. The molecule has 1 aliphatic carbocycles. The molecule has 1 N–H and O–H groups in total. The number of methoxy groups -OCH3 is 2. The van der Waals surface area contributed by atoms with Gasteiger partial charge in [-0.15, -0.1) is 0 Å². The molecule has 1 aromatic carbocycles. The van der Waals surface area contributed by atoms with Crippen molar-refractivity contribution in [2.75, 3.05) is 19.5 Å². The molecule has 4 rings (SSSR count). The maximum Gasteiger partial charge on any atom is 0.313 e. The van der Waals surface area contributed by atoms with E-state index in [0.717, 1.165) is 5.56 Å². The Kier molecular flexibility index (Phi) is 4.56. The summed E-state index contributed by atoms with van der Waals surface area (Å²) < 4.78 is 18.2. The van der Waals surface area contributed by atoms with Crippen molar-refractivity contribution in [3.8, 4) is 11.5 Å². The van der Waals surface area contributed by atoms with Crippen molar-refractivity contribution in [2.45, 2.75) is 45.8 Å². The molecule has 160 valence electrons. The molecule has 2 bridgehead atoms. The number of aromatic nitrogens is 2. The van der Waals surface area contributed by atoms with Gasteiger partial charge in [0.2, 0.25) is 0 Å². The van der Waals surface area contributed by atoms with Crippen LogP contribution >= 0.6 is 0 Å². The predicted octanol–water partition coefficient (Wildman–Crippen LogP) is 3.01. The molecule has 0 spiro atoms. The van der Waals surface area contributed by atoms with Gasteiger partial charge in [0.1, 0.15) is 0 Å². The second-order valence-corrected chi connectivity index (χ2v) is 8.71. The number of esters is 1. The summed E-state index contributed by atoms with van der Waals surface area (Å²) in [5.74, 6) is 0.685. The topological polar surface area (TPSA) is 91.7 Å². The fourth-order valence-electron chi connectivity index (χ4n) is 4.75. The Labute approximate surface area is 175 Å². The van der Waals surface area contributed by atoms with Crippen LogP contribution in [0, 0.1) is 10.8 Å². The minimum Gasteiger partial charge on any atom is -0.493 e. The van der Waals surface area contributed by atoms with E-state index < -0.39 is 16.4 Å². The second-order valence-electron chi connectivity index (χ2n) is 8.71. The van der Waals surface area contributed by atoms with Crippen LogP contribution in [0.4, 0.5) is 5.69 Å². The lowest BCUT2D eigenvalue weighted by molar-refractivity contribution is -0.165. The number of nitrogens with one attached hydrogen (secondary N) is 1. The Morgan fingerprint density at radius 2 is 2.00 bits per heavy atom. The fourth-order valence-corrected chi connectivity index (χ4v) is 4.75. The highest BCUT2D eigenvalue weighted by atomic mass is 16.6. The molecule has 1 saturated carbocycles. The highest BCUT2D eigenvalue weighted by molar-refractivity contribution is 6.03. The van der Waals surface area contributed by atoms with Gasteiger partial charge in [-0.05, 0) is 25.8 Å². The highest BCUT2D eigenvalue weighted by Crippen LogP contribution is 2.65. The van der Waals surface area contributed by atoms with Gasteiger partial charge in [0.25, 0.3) is 5.91 Å². The first-order valence-electron chi connectivity index (χ1n) is 9.96. The van der Waals surface area contributed by atoms with Crippen molar-refractivity contribution in [1.82, 2.24) is 9.78 Å². The molecule has 8 heteroatoms. The molecule has 1 saturated heterocycles. The number of benzene rings is 1. The molecule has 1 amide bonds. The summed E-state index contributed by atoms with van der Waals surface area (Å²) in [6.07, 6.45) is 4.48. The first-order valence-corrected chi connectivity index (χ1v) is 9.96. The van der Waals surface area contributed by atoms with Gasteiger partial charge in [-0.2, -0.15) is 5.10 Å². The van der Waals surface area contributed by atoms with Gasteiger partial charge in [-0.3, -0.25) is 14.3 Å². The molecule has 2 fully saturated rings. The van der Waals surface area contributed by atoms with Crippen LogP contribution in [0.1, 0.15) is 39.2 Å². The number of hydrogen-bond donors (Lipinski definition) is 1. The SMILES string of the molecule is COc1cccc(Cn2cc(NC(=O)[C@@]34CC[C@@](C)(C(=O)O3)C4(C)C)cn2)c1OC. The van der Waals surface area contributed by atoms with Crippen LogP contribution in [0.15, 0.2) is 30.6 Å². The average Bonchev–Trinajstić information content (AvgIpc) is 3.28. The van der Waals surface area contributed by atoms with Crippen molar-refractivity contribution in [1.29, 1.82) is 0 Å². The van der Waals surface area contributed by atoms with Crippen LogP contribution in [0.2, 0.25) is 0 Å². The van der Waals surface area contributed by atoms with E-state index in [9.17, 15) is 9.59 Å². The summed E-state index contributed by atoms with van der Waals surface area (Å²) in [6, 6.07) is 5.64. The number of para-hydroxylation sites is 1. The molecule has 2 atom stereocenters. The molecule has 1 aromatic heterocycles.